The number of carbonyl (C=O) groups excluding carboxylic acids is 1. The summed E-state index contributed by atoms with van der Waals surface area (Å²) in [4.78, 5) is 14.5. The fourth-order valence-corrected chi connectivity index (χ4v) is 4.60. The average Bonchev–Trinajstić information content (AvgIpc) is 3.48. The van der Waals surface area contributed by atoms with Crippen LogP contribution in [0.1, 0.15) is 40.2 Å². The van der Waals surface area contributed by atoms with Crippen LogP contribution in [0.15, 0.2) is 30.6 Å². The zero-order valence-corrected chi connectivity index (χ0v) is 17.6. The molecule has 0 aliphatic carbocycles. The van der Waals surface area contributed by atoms with Gasteiger partial charge in [-0.15, -0.1) is 0 Å². The lowest BCUT2D eigenvalue weighted by molar-refractivity contribution is 0.0740. The molecule has 0 N–H and O–H groups in total. The number of hydrogen-bond acceptors (Lipinski definition) is 3. The topological polar surface area (TPSA) is 52.3 Å². The number of carbonyl (C=O) groups is 1. The maximum absolute atomic E-state index is 14.9. The van der Waals surface area contributed by atoms with Gasteiger partial charge in [0, 0.05) is 55.8 Å². The Morgan fingerprint density at radius 2 is 2.03 bits per heavy atom. The van der Waals surface area contributed by atoms with Gasteiger partial charge < -0.3 is 14.2 Å². The summed E-state index contributed by atoms with van der Waals surface area (Å²) >= 11 is 0. The summed E-state index contributed by atoms with van der Waals surface area (Å²) in [6.45, 7) is 3.40. The highest BCUT2D eigenvalue weighted by Crippen LogP contribution is 2.31. The molecule has 1 unspecified atom stereocenters. The molecule has 2 aliphatic rings. The molecule has 0 spiro atoms. The van der Waals surface area contributed by atoms with Gasteiger partial charge in [0.1, 0.15) is 17.3 Å². The molecule has 1 atom stereocenters. The summed E-state index contributed by atoms with van der Waals surface area (Å²) < 4.78 is 39.0. The molecule has 4 heterocycles. The molecule has 1 saturated heterocycles. The van der Waals surface area contributed by atoms with Gasteiger partial charge in [-0.05, 0) is 43.5 Å². The highest BCUT2D eigenvalue weighted by Gasteiger charge is 2.33. The van der Waals surface area contributed by atoms with E-state index in [4.69, 9.17) is 4.74 Å². The number of aromatic nitrogens is 3. The largest absolute Gasteiger partial charge is 0.376 e. The molecule has 8 heteroatoms. The molecular weight excluding hydrogens is 402 g/mol. The number of ether oxygens (including phenoxy) is 1. The van der Waals surface area contributed by atoms with E-state index < -0.39 is 11.6 Å². The summed E-state index contributed by atoms with van der Waals surface area (Å²) in [5.74, 6) is -1.53. The number of fused-ring (bicyclic) bond motifs is 1. The SMILES string of the molecule is Cc1nn(C)cc1-c1cc(F)c(CN2Cc3ccn(CC4CCCO4)c3C2=O)c(F)c1. The summed E-state index contributed by atoms with van der Waals surface area (Å²) in [5.41, 5.74) is 3.19. The minimum Gasteiger partial charge on any atom is -0.376 e. The minimum atomic E-state index is -0.662. The summed E-state index contributed by atoms with van der Waals surface area (Å²) in [7, 11) is 1.76. The number of hydrogen-bond donors (Lipinski definition) is 0. The lowest BCUT2D eigenvalue weighted by Crippen LogP contribution is -2.27. The Balaban J connectivity index is 1.37. The van der Waals surface area contributed by atoms with Crippen LogP contribution in [0.25, 0.3) is 11.1 Å². The van der Waals surface area contributed by atoms with Crippen LogP contribution in [0, 0.1) is 18.6 Å². The van der Waals surface area contributed by atoms with Crippen LogP contribution in [0.5, 0.6) is 0 Å². The number of benzene rings is 1. The van der Waals surface area contributed by atoms with Gasteiger partial charge in [0.25, 0.3) is 5.91 Å². The third-order valence-corrected chi connectivity index (χ3v) is 6.14. The molecule has 0 radical (unpaired) electrons. The number of halogens is 2. The first-order valence-corrected chi connectivity index (χ1v) is 10.5. The van der Waals surface area contributed by atoms with Crippen LogP contribution < -0.4 is 0 Å². The maximum atomic E-state index is 14.9. The second-order valence-electron chi connectivity index (χ2n) is 8.36. The van der Waals surface area contributed by atoms with Crippen molar-refractivity contribution in [2.75, 3.05) is 6.61 Å². The lowest BCUT2D eigenvalue weighted by atomic mass is 10.0. The molecule has 3 aromatic rings. The second-order valence-corrected chi connectivity index (χ2v) is 8.36. The molecule has 1 fully saturated rings. The molecule has 2 aromatic heterocycles. The quantitative estimate of drug-likeness (QED) is 0.624. The van der Waals surface area contributed by atoms with Crippen molar-refractivity contribution in [1.29, 1.82) is 0 Å². The number of amides is 1. The van der Waals surface area contributed by atoms with Crippen LogP contribution in [0.2, 0.25) is 0 Å². The van der Waals surface area contributed by atoms with E-state index in [9.17, 15) is 13.6 Å². The Labute approximate surface area is 179 Å². The Kier molecular flexibility index (Phi) is 4.89. The van der Waals surface area contributed by atoms with E-state index in [-0.39, 0.29) is 24.1 Å². The van der Waals surface area contributed by atoms with E-state index in [0.29, 0.717) is 35.6 Å². The van der Waals surface area contributed by atoms with E-state index >= 15 is 0 Å². The molecule has 1 amide bonds. The Morgan fingerprint density at radius 3 is 2.68 bits per heavy atom. The zero-order valence-electron chi connectivity index (χ0n) is 17.6. The Bertz CT molecular complexity index is 1140. The van der Waals surface area contributed by atoms with Crippen molar-refractivity contribution in [3.63, 3.8) is 0 Å². The van der Waals surface area contributed by atoms with Crippen LogP contribution >= 0.6 is 0 Å². The molecule has 0 saturated carbocycles. The van der Waals surface area contributed by atoms with Gasteiger partial charge in [-0.1, -0.05) is 0 Å². The fraction of sp³-hybridized carbons (Fsp3) is 0.391. The van der Waals surface area contributed by atoms with Crippen LogP contribution in [0.4, 0.5) is 8.78 Å². The fourth-order valence-electron chi connectivity index (χ4n) is 4.60. The number of aryl methyl sites for hydroxylation is 2. The normalized spacial score (nSPS) is 18.3. The van der Waals surface area contributed by atoms with Crippen LogP contribution in [-0.2, 0) is 31.4 Å². The van der Waals surface area contributed by atoms with E-state index in [2.05, 4.69) is 5.10 Å². The molecule has 5 rings (SSSR count). The monoisotopic (exact) mass is 426 g/mol. The predicted molar refractivity (Wildman–Crippen MR) is 110 cm³/mol. The summed E-state index contributed by atoms with van der Waals surface area (Å²) in [6, 6.07) is 4.53. The Hall–Kier alpha value is -3.00. The first kappa shape index (κ1) is 19.9. The molecule has 31 heavy (non-hydrogen) atoms. The highest BCUT2D eigenvalue weighted by atomic mass is 19.1. The van der Waals surface area contributed by atoms with E-state index in [1.807, 2.05) is 16.8 Å². The third-order valence-electron chi connectivity index (χ3n) is 6.14. The van der Waals surface area contributed by atoms with Crippen molar-refractivity contribution >= 4 is 5.91 Å². The van der Waals surface area contributed by atoms with Crippen LogP contribution in [0.3, 0.4) is 0 Å². The smallest absolute Gasteiger partial charge is 0.271 e. The van der Waals surface area contributed by atoms with Gasteiger partial charge in [0.2, 0.25) is 0 Å². The van der Waals surface area contributed by atoms with Gasteiger partial charge >= 0.3 is 0 Å². The van der Waals surface area contributed by atoms with Gasteiger partial charge in [-0.3, -0.25) is 9.48 Å². The van der Waals surface area contributed by atoms with Gasteiger partial charge in [-0.25, -0.2) is 8.78 Å². The molecule has 1 aromatic carbocycles. The highest BCUT2D eigenvalue weighted by molar-refractivity contribution is 5.97. The molecule has 162 valence electrons. The second kappa shape index (κ2) is 7.60. The van der Waals surface area contributed by atoms with E-state index in [1.165, 1.54) is 17.0 Å². The van der Waals surface area contributed by atoms with Crippen molar-refractivity contribution in [3.8, 4) is 11.1 Å². The molecular formula is C23H24F2N4O2. The minimum absolute atomic E-state index is 0.102. The van der Waals surface area contributed by atoms with Crippen molar-refractivity contribution in [2.45, 2.75) is 45.5 Å². The molecule has 6 nitrogen and oxygen atoms in total. The van der Waals surface area contributed by atoms with Gasteiger partial charge in [-0.2, -0.15) is 5.10 Å². The zero-order chi connectivity index (χ0) is 21.7. The first-order chi connectivity index (χ1) is 14.9. The first-order valence-electron chi connectivity index (χ1n) is 10.5. The van der Waals surface area contributed by atoms with Crippen molar-refractivity contribution in [3.05, 3.63) is 64.7 Å². The Morgan fingerprint density at radius 1 is 1.26 bits per heavy atom. The molecule has 0 bridgehead atoms. The van der Waals surface area contributed by atoms with Crippen LogP contribution in [-0.4, -0.2) is 37.9 Å². The van der Waals surface area contributed by atoms with E-state index in [1.54, 1.807) is 24.9 Å². The standard InChI is InChI=1S/C23H24F2N4O2/c1-14-18(12-27(2)26-14)16-8-20(24)19(21(25)9-16)13-29-10-15-5-6-28(22(15)23(29)30)11-17-4-3-7-31-17/h5-6,8-9,12,17H,3-4,7,10-11,13H2,1-2H3. The van der Waals surface area contributed by atoms with Crippen molar-refractivity contribution in [1.82, 2.24) is 19.2 Å². The average molecular weight is 426 g/mol. The van der Waals surface area contributed by atoms with Gasteiger partial charge in [0.05, 0.1) is 18.3 Å². The summed E-state index contributed by atoms with van der Waals surface area (Å²) in [6.07, 6.45) is 5.74. The third kappa shape index (κ3) is 3.54. The summed E-state index contributed by atoms with van der Waals surface area (Å²) in [5, 5.41) is 4.23. The van der Waals surface area contributed by atoms with E-state index in [0.717, 1.165) is 25.0 Å². The number of rotatable bonds is 5. The van der Waals surface area contributed by atoms with Crippen molar-refractivity contribution in [2.24, 2.45) is 7.05 Å². The lowest BCUT2D eigenvalue weighted by Gasteiger charge is -2.19. The number of nitrogens with zero attached hydrogens (tertiary/aromatic N) is 4. The van der Waals surface area contributed by atoms with Gasteiger partial charge in [0.15, 0.2) is 0 Å². The maximum Gasteiger partial charge on any atom is 0.271 e. The predicted octanol–water partition coefficient (Wildman–Crippen LogP) is 3.81. The molecule has 2 aliphatic heterocycles. The van der Waals surface area contributed by atoms with Crippen molar-refractivity contribution < 1.29 is 18.3 Å².